The number of hydrogen-bond donors (Lipinski definition) is 2. The molecule has 7 rings (SSSR count). The number of methoxy groups -OCH3 is 3. The molecule has 0 aliphatic rings. The van der Waals surface area contributed by atoms with E-state index in [9.17, 15) is 9.59 Å². The minimum absolute atomic E-state index is 0.0807. The lowest BCUT2D eigenvalue weighted by Gasteiger charge is -2.27. The van der Waals surface area contributed by atoms with Gasteiger partial charge in [0.05, 0.1) is 61.7 Å². The number of carbonyl (C=O) groups excluding carboxylic acids is 2. The molecule has 0 fully saturated rings. The second-order valence-corrected chi connectivity index (χ2v) is 21.0. The third-order valence-electron chi connectivity index (χ3n) is 10.8. The molecule has 19 nitrogen and oxygen atoms in total. The number of carbonyl (C=O) groups is 2. The van der Waals surface area contributed by atoms with Crippen LogP contribution in [-0.4, -0.2) is 109 Å². The summed E-state index contributed by atoms with van der Waals surface area (Å²) in [5, 5.41) is 16.0. The summed E-state index contributed by atoms with van der Waals surface area (Å²) in [6.07, 6.45) is -0.865. The molecule has 1 unspecified atom stereocenters. The highest BCUT2D eigenvalue weighted by atomic mass is 32.2. The van der Waals surface area contributed by atoms with Crippen molar-refractivity contribution in [2.24, 2.45) is 0 Å². The number of esters is 1. The number of rotatable bonds is 19. The summed E-state index contributed by atoms with van der Waals surface area (Å²) in [6, 6.07) is 27.3. The third kappa shape index (κ3) is 11.7. The first kappa shape index (κ1) is 50.5. The lowest BCUT2D eigenvalue weighted by atomic mass is 9.98. The van der Waals surface area contributed by atoms with E-state index in [-0.39, 0.29) is 54.5 Å². The highest BCUT2D eigenvalue weighted by molar-refractivity contribution is 7.93. The van der Waals surface area contributed by atoms with Gasteiger partial charge in [-0.3, -0.25) is 0 Å². The molecule has 0 bridgehead atoms. The molecule has 2 heterocycles. The van der Waals surface area contributed by atoms with Crippen LogP contribution < -0.4 is 19.5 Å². The maximum atomic E-state index is 16.2. The number of H-pyrrole nitrogens is 1. The summed E-state index contributed by atoms with van der Waals surface area (Å²) in [5.41, 5.74) is 1.80. The largest absolute Gasteiger partial charge is 0.497 e. The number of hydrogen-bond acceptors (Lipinski definition) is 15. The zero-order chi connectivity index (χ0) is 50.4. The van der Waals surface area contributed by atoms with Gasteiger partial charge in [-0.05, 0) is 111 Å². The molecule has 0 aliphatic carbocycles. The van der Waals surface area contributed by atoms with E-state index in [1.807, 2.05) is 0 Å². The molecule has 1 atom stereocenters. The number of aromatic nitrogens is 6. The van der Waals surface area contributed by atoms with Crippen LogP contribution in [0.5, 0.6) is 17.2 Å². The minimum Gasteiger partial charge on any atom is -0.497 e. The summed E-state index contributed by atoms with van der Waals surface area (Å²) >= 11 is 0. The van der Waals surface area contributed by atoms with Gasteiger partial charge < -0.3 is 34.0 Å². The van der Waals surface area contributed by atoms with Gasteiger partial charge in [0.25, 0.3) is 0 Å². The monoisotopic (exact) mass is 994 g/mol. The quantitative estimate of drug-likeness (QED) is 0.0762. The van der Waals surface area contributed by atoms with Crippen LogP contribution in [0.25, 0.3) is 33.5 Å². The predicted molar refractivity (Wildman–Crippen MR) is 260 cm³/mol. The number of tetrazole rings is 1. The van der Waals surface area contributed by atoms with Gasteiger partial charge in [0, 0.05) is 24.7 Å². The first-order valence-corrected chi connectivity index (χ1v) is 25.1. The highest BCUT2D eigenvalue weighted by Crippen LogP contribution is 2.43. The number of sulfonamides is 1. The second-order valence-electron chi connectivity index (χ2n) is 17.1. The van der Waals surface area contributed by atoms with Crippen molar-refractivity contribution in [3.8, 4) is 39.8 Å². The van der Waals surface area contributed by atoms with Gasteiger partial charge in [0.2, 0.25) is 21.7 Å². The van der Waals surface area contributed by atoms with Gasteiger partial charge in [-0.1, -0.05) is 54.6 Å². The van der Waals surface area contributed by atoms with Crippen LogP contribution in [0, 0.1) is 0 Å². The molecule has 368 valence electrons. The van der Waals surface area contributed by atoms with Crippen molar-refractivity contribution in [1.82, 2.24) is 39.8 Å². The predicted octanol–water partition coefficient (Wildman–Crippen LogP) is 7.21. The Bertz CT molecular complexity index is 3160. The Morgan fingerprint density at radius 2 is 1.34 bits per heavy atom. The fraction of sp³-hybridized carbons (Fsp3) is 0.306. The van der Waals surface area contributed by atoms with Crippen molar-refractivity contribution in [1.29, 1.82) is 0 Å². The topological polar surface area (TPSA) is 236 Å². The molecular formula is C49H54N8O11S2. The number of ether oxygens (including phenoxy) is 5. The van der Waals surface area contributed by atoms with E-state index in [2.05, 4.69) is 25.6 Å². The van der Waals surface area contributed by atoms with Crippen LogP contribution in [0.1, 0.15) is 61.9 Å². The third-order valence-corrected chi connectivity index (χ3v) is 14.7. The van der Waals surface area contributed by atoms with Gasteiger partial charge in [-0.2, -0.15) is 9.10 Å². The van der Waals surface area contributed by atoms with Crippen LogP contribution in [0.4, 0.5) is 4.79 Å². The van der Waals surface area contributed by atoms with Crippen LogP contribution in [-0.2, 0) is 49.0 Å². The molecule has 21 heteroatoms. The number of para-hydroxylation sites is 1. The average Bonchev–Trinajstić information content (AvgIpc) is 3.98. The molecule has 0 saturated heterocycles. The van der Waals surface area contributed by atoms with E-state index in [4.69, 9.17) is 28.8 Å². The lowest BCUT2D eigenvalue weighted by molar-refractivity contribution is 0.0503. The molecule has 0 aliphatic heterocycles. The van der Waals surface area contributed by atoms with Gasteiger partial charge >= 0.3 is 12.1 Å². The zero-order valence-corrected chi connectivity index (χ0v) is 41.6. The van der Waals surface area contributed by atoms with E-state index in [0.717, 1.165) is 9.87 Å². The van der Waals surface area contributed by atoms with E-state index in [0.29, 0.717) is 39.5 Å². The second kappa shape index (κ2) is 21.1. The molecule has 7 aromatic rings. The maximum absolute atomic E-state index is 16.2. The van der Waals surface area contributed by atoms with Crippen LogP contribution in [0.2, 0.25) is 0 Å². The number of benzene rings is 5. The number of aromatic amines is 1. The van der Waals surface area contributed by atoms with Crippen LogP contribution in [0.15, 0.2) is 113 Å². The number of imidazole rings is 1. The van der Waals surface area contributed by atoms with Crippen molar-refractivity contribution in [2.45, 2.75) is 75.7 Å². The van der Waals surface area contributed by atoms with Crippen molar-refractivity contribution in [3.63, 3.8) is 0 Å². The molecule has 2 aromatic heterocycles. The Morgan fingerprint density at radius 3 is 1.89 bits per heavy atom. The number of sulfone groups is 1. The number of nitrogens with one attached hydrogen (secondary N) is 2. The number of nitrogens with zero attached hydrogens (tertiary/aromatic N) is 6. The zero-order valence-electron chi connectivity index (χ0n) is 39.9. The lowest BCUT2D eigenvalue weighted by Crippen LogP contribution is -2.41. The molecule has 0 spiro atoms. The summed E-state index contributed by atoms with van der Waals surface area (Å²) in [5.74, 6) is -0.137. The maximum Gasteiger partial charge on any atom is 0.407 e. The molecule has 70 heavy (non-hydrogen) atoms. The first-order valence-electron chi connectivity index (χ1n) is 22.0. The van der Waals surface area contributed by atoms with Crippen LogP contribution >= 0.6 is 0 Å². The standard InChI is InChI=1S/C49H54N8O11S2/c1-9-67-47(58)46-51-40-12-10-11-39(43(40)52-46)38-25-26-41(69(60,61)30-31(2)50-48(59)68-49(3,4)5)44(42(38)45-53-55-57(54-45)29-34-17-23-37(66-8)24-18-34)70(62,63)56(27-32-13-19-35(64-6)20-14-32)28-33-15-21-36(65-7)22-16-33/h10-26,31H,9,27-30H2,1-8H3,(H,50,59)(H,51,52). The van der Waals surface area contributed by atoms with E-state index in [1.54, 1.807) is 126 Å². The minimum atomic E-state index is -5.01. The Kier molecular flexibility index (Phi) is 15.2. The van der Waals surface area contributed by atoms with Crippen molar-refractivity contribution in [3.05, 3.63) is 126 Å². The Hall–Kier alpha value is -7.36. The summed E-state index contributed by atoms with van der Waals surface area (Å²) in [6.45, 7) is 7.81. The molecular weight excluding hydrogens is 941 g/mol. The normalized spacial score (nSPS) is 12.4. The SMILES string of the molecule is CCOC(=O)c1nc2c(-c3ccc(S(=O)(=O)CC(C)NC(=O)OC(C)(C)C)c(S(=O)(=O)N(Cc4ccc(OC)cc4)Cc4ccc(OC)cc4)c3-c3nnn(Cc4ccc(OC)cc4)n3)cccc2[nH]1. The van der Waals surface area contributed by atoms with Crippen molar-refractivity contribution in [2.75, 3.05) is 33.7 Å². The Labute approximate surface area is 406 Å². The number of amides is 1. The average molecular weight is 995 g/mol. The molecule has 0 saturated carbocycles. The summed E-state index contributed by atoms with van der Waals surface area (Å²) in [4.78, 5) is 33.5. The first-order chi connectivity index (χ1) is 33.3. The highest BCUT2D eigenvalue weighted by Gasteiger charge is 2.39. The van der Waals surface area contributed by atoms with E-state index < -0.39 is 59.1 Å². The van der Waals surface area contributed by atoms with Crippen molar-refractivity contribution >= 4 is 43.0 Å². The summed E-state index contributed by atoms with van der Waals surface area (Å²) in [7, 11) is -5.12. The summed E-state index contributed by atoms with van der Waals surface area (Å²) < 4.78 is 90.5. The van der Waals surface area contributed by atoms with Gasteiger partial charge in [0.15, 0.2) is 9.84 Å². The van der Waals surface area contributed by atoms with E-state index >= 15 is 16.8 Å². The molecule has 2 N–H and O–H groups in total. The number of fused-ring (bicyclic) bond motifs is 1. The number of alkyl carbamates (subject to hydrolysis) is 1. The smallest absolute Gasteiger partial charge is 0.407 e. The van der Waals surface area contributed by atoms with Gasteiger partial charge in [-0.25, -0.2) is 31.4 Å². The fourth-order valence-corrected chi connectivity index (χ4v) is 11.5. The van der Waals surface area contributed by atoms with Crippen LogP contribution in [0.3, 0.4) is 0 Å². The van der Waals surface area contributed by atoms with Crippen molar-refractivity contribution < 1.29 is 50.1 Å². The Balaban J connectivity index is 1.51. The Morgan fingerprint density at radius 1 is 0.771 bits per heavy atom. The molecule has 0 radical (unpaired) electrons. The van der Waals surface area contributed by atoms with Gasteiger partial charge in [0.1, 0.15) is 27.7 Å². The molecule has 5 aromatic carbocycles. The fourth-order valence-electron chi connectivity index (χ4n) is 7.55. The van der Waals surface area contributed by atoms with Gasteiger partial charge in [-0.15, -0.1) is 10.2 Å². The molecule has 1 amide bonds. The van der Waals surface area contributed by atoms with E-state index in [1.165, 1.54) is 38.1 Å².